The SMILES string of the molecule is C=C(CCOCc1ccccc1)C(=O)OC(C)(C)C. The van der Waals surface area contributed by atoms with Crippen LogP contribution in [-0.4, -0.2) is 18.2 Å². The normalized spacial score (nSPS) is 11.1. The van der Waals surface area contributed by atoms with Gasteiger partial charge in [-0.1, -0.05) is 36.9 Å². The average molecular weight is 262 g/mol. The van der Waals surface area contributed by atoms with Crippen molar-refractivity contribution in [3.63, 3.8) is 0 Å². The van der Waals surface area contributed by atoms with Crippen molar-refractivity contribution in [3.8, 4) is 0 Å². The Morgan fingerprint density at radius 3 is 2.42 bits per heavy atom. The maximum absolute atomic E-state index is 11.6. The molecule has 0 fully saturated rings. The van der Waals surface area contributed by atoms with E-state index < -0.39 is 5.60 Å². The monoisotopic (exact) mass is 262 g/mol. The van der Waals surface area contributed by atoms with Gasteiger partial charge in [0, 0.05) is 12.0 Å². The molecule has 0 aliphatic rings. The predicted molar refractivity (Wildman–Crippen MR) is 75.7 cm³/mol. The van der Waals surface area contributed by atoms with Crippen molar-refractivity contribution < 1.29 is 14.3 Å². The van der Waals surface area contributed by atoms with E-state index in [4.69, 9.17) is 9.47 Å². The molecule has 0 radical (unpaired) electrons. The van der Waals surface area contributed by atoms with Crippen LogP contribution in [0.15, 0.2) is 42.5 Å². The van der Waals surface area contributed by atoms with Gasteiger partial charge in [-0.3, -0.25) is 0 Å². The zero-order chi connectivity index (χ0) is 14.3. The van der Waals surface area contributed by atoms with Crippen LogP contribution in [0.2, 0.25) is 0 Å². The molecule has 0 atom stereocenters. The van der Waals surface area contributed by atoms with E-state index in [2.05, 4.69) is 6.58 Å². The molecule has 0 aliphatic heterocycles. The van der Waals surface area contributed by atoms with E-state index in [0.717, 1.165) is 5.56 Å². The number of benzene rings is 1. The van der Waals surface area contributed by atoms with Gasteiger partial charge in [0.25, 0.3) is 0 Å². The molecule has 104 valence electrons. The van der Waals surface area contributed by atoms with Gasteiger partial charge in [0.05, 0.1) is 13.2 Å². The number of hydrogen-bond acceptors (Lipinski definition) is 3. The Balaban J connectivity index is 2.22. The first-order chi connectivity index (χ1) is 8.88. The predicted octanol–water partition coefficient (Wildman–Crippen LogP) is 3.49. The summed E-state index contributed by atoms with van der Waals surface area (Å²) in [6.07, 6.45) is 0.488. The summed E-state index contributed by atoms with van der Waals surface area (Å²) in [5.74, 6) is -0.351. The lowest BCUT2D eigenvalue weighted by atomic mass is 10.1. The van der Waals surface area contributed by atoms with Crippen LogP contribution in [0.4, 0.5) is 0 Å². The smallest absolute Gasteiger partial charge is 0.334 e. The van der Waals surface area contributed by atoms with Gasteiger partial charge in [0.1, 0.15) is 5.60 Å². The second-order valence-corrected chi connectivity index (χ2v) is 5.39. The Morgan fingerprint density at radius 2 is 1.84 bits per heavy atom. The van der Waals surface area contributed by atoms with Gasteiger partial charge in [-0.05, 0) is 26.3 Å². The Morgan fingerprint density at radius 1 is 1.21 bits per heavy atom. The molecule has 0 aromatic heterocycles. The molecule has 0 saturated carbocycles. The van der Waals surface area contributed by atoms with E-state index >= 15 is 0 Å². The fourth-order valence-electron chi connectivity index (χ4n) is 1.41. The second kappa shape index (κ2) is 7.10. The minimum Gasteiger partial charge on any atom is -0.457 e. The van der Waals surface area contributed by atoms with Gasteiger partial charge in [-0.15, -0.1) is 0 Å². The summed E-state index contributed by atoms with van der Waals surface area (Å²) in [6, 6.07) is 9.91. The van der Waals surface area contributed by atoms with Crippen molar-refractivity contribution >= 4 is 5.97 Å². The van der Waals surface area contributed by atoms with Crippen molar-refractivity contribution in [1.82, 2.24) is 0 Å². The molecule has 0 bridgehead atoms. The molecule has 0 unspecified atom stereocenters. The number of carbonyl (C=O) groups excluding carboxylic acids is 1. The molecule has 0 spiro atoms. The van der Waals surface area contributed by atoms with Crippen LogP contribution in [-0.2, 0) is 20.9 Å². The van der Waals surface area contributed by atoms with Gasteiger partial charge in [-0.25, -0.2) is 4.79 Å². The van der Waals surface area contributed by atoms with Crippen LogP contribution in [0.3, 0.4) is 0 Å². The van der Waals surface area contributed by atoms with E-state index in [1.807, 2.05) is 51.1 Å². The van der Waals surface area contributed by atoms with Crippen molar-refractivity contribution in [3.05, 3.63) is 48.0 Å². The fraction of sp³-hybridized carbons (Fsp3) is 0.438. The zero-order valence-corrected chi connectivity index (χ0v) is 11.9. The third kappa shape index (κ3) is 6.77. The first-order valence-corrected chi connectivity index (χ1v) is 6.41. The van der Waals surface area contributed by atoms with Crippen molar-refractivity contribution in [2.45, 2.75) is 39.4 Å². The van der Waals surface area contributed by atoms with Crippen LogP contribution in [0.1, 0.15) is 32.8 Å². The van der Waals surface area contributed by atoms with Gasteiger partial charge in [0.2, 0.25) is 0 Å². The molecule has 0 N–H and O–H groups in total. The number of hydrogen-bond donors (Lipinski definition) is 0. The van der Waals surface area contributed by atoms with E-state index in [1.54, 1.807) is 0 Å². The number of esters is 1. The maximum atomic E-state index is 11.6. The van der Waals surface area contributed by atoms with E-state index in [1.165, 1.54) is 0 Å². The van der Waals surface area contributed by atoms with Crippen LogP contribution in [0.5, 0.6) is 0 Å². The number of ether oxygens (including phenoxy) is 2. The highest BCUT2D eigenvalue weighted by Crippen LogP contribution is 2.12. The highest BCUT2D eigenvalue weighted by Gasteiger charge is 2.18. The maximum Gasteiger partial charge on any atom is 0.334 e. The van der Waals surface area contributed by atoms with Crippen molar-refractivity contribution in [1.29, 1.82) is 0 Å². The zero-order valence-electron chi connectivity index (χ0n) is 11.9. The molecule has 1 aromatic carbocycles. The lowest BCUT2D eigenvalue weighted by Gasteiger charge is -2.20. The summed E-state index contributed by atoms with van der Waals surface area (Å²) < 4.78 is 10.7. The first-order valence-electron chi connectivity index (χ1n) is 6.41. The van der Waals surface area contributed by atoms with Gasteiger partial charge in [0.15, 0.2) is 0 Å². The average Bonchev–Trinajstić information content (AvgIpc) is 2.33. The molecule has 1 aromatic rings. The first kappa shape index (κ1) is 15.4. The highest BCUT2D eigenvalue weighted by molar-refractivity contribution is 5.87. The third-order valence-electron chi connectivity index (χ3n) is 2.35. The molecule has 0 heterocycles. The van der Waals surface area contributed by atoms with E-state index in [-0.39, 0.29) is 5.97 Å². The topological polar surface area (TPSA) is 35.5 Å². The molecule has 0 amide bonds. The number of rotatable bonds is 6. The molecule has 3 heteroatoms. The summed E-state index contributed by atoms with van der Waals surface area (Å²) in [6.45, 7) is 10.3. The minimum atomic E-state index is -0.481. The summed E-state index contributed by atoms with van der Waals surface area (Å²) in [7, 11) is 0. The molecular formula is C16H22O3. The third-order valence-corrected chi connectivity index (χ3v) is 2.35. The van der Waals surface area contributed by atoms with Gasteiger partial charge >= 0.3 is 5.97 Å². The molecule has 0 aliphatic carbocycles. The van der Waals surface area contributed by atoms with Crippen LogP contribution >= 0.6 is 0 Å². The largest absolute Gasteiger partial charge is 0.457 e. The Hall–Kier alpha value is -1.61. The Kier molecular flexibility index (Phi) is 5.77. The second-order valence-electron chi connectivity index (χ2n) is 5.39. The molecule has 1 rings (SSSR count). The van der Waals surface area contributed by atoms with E-state index in [0.29, 0.717) is 25.2 Å². The molecule has 3 nitrogen and oxygen atoms in total. The quantitative estimate of drug-likeness (QED) is 0.447. The standard InChI is InChI=1S/C16H22O3/c1-13(15(17)19-16(2,3)4)10-11-18-12-14-8-6-5-7-9-14/h5-9H,1,10-12H2,2-4H3. The summed E-state index contributed by atoms with van der Waals surface area (Å²) >= 11 is 0. The summed E-state index contributed by atoms with van der Waals surface area (Å²) in [5.41, 5.74) is 1.08. The lowest BCUT2D eigenvalue weighted by molar-refractivity contribution is -0.150. The highest BCUT2D eigenvalue weighted by atomic mass is 16.6. The molecular weight excluding hydrogens is 240 g/mol. The van der Waals surface area contributed by atoms with Crippen molar-refractivity contribution in [2.75, 3.05) is 6.61 Å². The fourth-order valence-corrected chi connectivity index (χ4v) is 1.41. The Labute approximate surface area is 115 Å². The van der Waals surface area contributed by atoms with Gasteiger partial charge in [-0.2, -0.15) is 0 Å². The Bertz CT molecular complexity index is 415. The molecule has 19 heavy (non-hydrogen) atoms. The molecule has 0 saturated heterocycles. The van der Waals surface area contributed by atoms with Crippen LogP contribution < -0.4 is 0 Å². The summed E-state index contributed by atoms with van der Waals surface area (Å²) in [5, 5.41) is 0. The number of carbonyl (C=O) groups is 1. The van der Waals surface area contributed by atoms with Gasteiger partial charge < -0.3 is 9.47 Å². The lowest BCUT2D eigenvalue weighted by Crippen LogP contribution is -2.25. The summed E-state index contributed by atoms with van der Waals surface area (Å²) in [4.78, 5) is 11.6. The van der Waals surface area contributed by atoms with Crippen LogP contribution in [0, 0.1) is 0 Å². The minimum absolute atomic E-state index is 0.351. The van der Waals surface area contributed by atoms with E-state index in [9.17, 15) is 4.79 Å². The van der Waals surface area contributed by atoms with Crippen molar-refractivity contribution in [2.24, 2.45) is 0 Å². The van der Waals surface area contributed by atoms with Crippen LogP contribution in [0.25, 0.3) is 0 Å².